The summed E-state index contributed by atoms with van der Waals surface area (Å²) in [5.41, 5.74) is 8.60. The molecular weight excluding hydrogens is 324 g/mol. The smallest absolute Gasteiger partial charge is 0.227 e. The van der Waals surface area contributed by atoms with Gasteiger partial charge in [0.25, 0.3) is 0 Å². The molecule has 128 valence electrons. The Morgan fingerprint density at radius 2 is 1.83 bits per heavy atom. The highest BCUT2D eigenvalue weighted by molar-refractivity contribution is 5.85. The molecule has 2 aromatic carbocycles. The number of carbonyl (C=O) groups excluding carboxylic acids is 1. The van der Waals surface area contributed by atoms with Crippen LogP contribution in [0.5, 0.6) is 5.75 Å². The molecule has 4 nitrogen and oxygen atoms in total. The standard InChI is InChI=1S/C19H22N2O2.ClH/c1-23-17-10-6-15(7-11-17)18-3-2-12-21(18)19(22)13-14-4-8-16(20)9-5-14;/h4-11,18H,2-3,12-13,20H2,1H3;1H. The summed E-state index contributed by atoms with van der Waals surface area (Å²) in [7, 11) is 1.66. The number of anilines is 1. The first-order valence-electron chi connectivity index (χ1n) is 7.95. The molecule has 2 aromatic rings. The number of carbonyl (C=O) groups is 1. The van der Waals surface area contributed by atoms with Crippen molar-refractivity contribution in [3.63, 3.8) is 0 Å². The van der Waals surface area contributed by atoms with E-state index in [0.29, 0.717) is 6.42 Å². The minimum Gasteiger partial charge on any atom is -0.497 e. The maximum Gasteiger partial charge on any atom is 0.227 e. The van der Waals surface area contributed by atoms with Crippen LogP contribution in [-0.4, -0.2) is 24.5 Å². The number of hydrogen-bond donors (Lipinski definition) is 1. The summed E-state index contributed by atoms with van der Waals surface area (Å²) in [6.07, 6.45) is 2.48. The second-order valence-electron chi connectivity index (χ2n) is 5.94. The molecule has 1 heterocycles. The summed E-state index contributed by atoms with van der Waals surface area (Å²) in [6.45, 7) is 0.824. The molecule has 1 aliphatic heterocycles. The third kappa shape index (κ3) is 4.01. The number of likely N-dealkylation sites (tertiary alicyclic amines) is 1. The topological polar surface area (TPSA) is 55.6 Å². The second kappa shape index (κ2) is 8.06. The lowest BCUT2D eigenvalue weighted by molar-refractivity contribution is -0.131. The van der Waals surface area contributed by atoms with Crippen LogP contribution in [0.25, 0.3) is 0 Å². The van der Waals surface area contributed by atoms with Crippen LogP contribution >= 0.6 is 12.4 Å². The van der Waals surface area contributed by atoms with Crippen molar-refractivity contribution in [1.29, 1.82) is 0 Å². The van der Waals surface area contributed by atoms with Gasteiger partial charge in [0.15, 0.2) is 0 Å². The van der Waals surface area contributed by atoms with Crippen LogP contribution in [-0.2, 0) is 11.2 Å². The van der Waals surface area contributed by atoms with Gasteiger partial charge in [0, 0.05) is 12.2 Å². The van der Waals surface area contributed by atoms with E-state index in [2.05, 4.69) is 12.1 Å². The Morgan fingerprint density at radius 1 is 1.17 bits per heavy atom. The van der Waals surface area contributed by atoms with Gasteiger partial charge in [-0.1, -0.05) is 24.3 Å². The van der Waals surface area contributed by atoms with Crippen molar-refractivity contribution >= 4 is 24.0 Å². The van der Waals surface area contributed by atoms with Crippen molar-refractivity contribution in [3.8, 4) is 5.75 Å². The molecule has 1 atom stereocenters. The summed E-state index contributed by atoms with van der Waals surface area (Å²) < 4.78 is 5.20. The number of nitrogen functional groups attached to an aromatic ring is 1. The Kier molecular flexibility index (Phi) is 6.10. The van der Waals surface area contributed by atoms with E-state index in [9.17, 15) is 4.79 Å². The zero-order valence-electron chi connectivity index (χ0n) is 13.8. The molecule has 1 aliphatic rings. The molecule has 5 heteroatoms. The molecule has 1 saturated heterocycles. The van der Waals surface area contributed by atoms with Crippen molar-refractivity contribution in [2.75, 3.05) is 19.4 Å². The van der Waals surface area contributed by atoms with Crippen LogP contribution in [0.2, 0.25) is 0 Å². The third-order valence-corrected chi connectivity index (χ3v) is 4.41. The largest absolute Gasteiger partial charge is 0.497 e. The molecule has 0 saturated carbocycles. The Balaban J connectivity index is 0.00000208. The van der Waals surface area contributed by atoms with Gasteiger partial charge in [0.05, 0.1) is 19.6 Å². The second-order valence-corrected chi connectivity index (χ2v) is 5.94. The summed E-state index contributed by atoms with van der Waals surface area (Å²) >= 11 is 0. The average molecular weight is 347 g/mol. The Labute approximate surface area is 149 Å². The van der Waals surface area contributed by atoms with Crippen LogP contribution in [0, 0.1) is 0 Å². The van der Waals surface area contributed by atoms with Crippen LogP contribution in [0.4, 0.5) is 5.69 Å². The van der Waals surface area contributed by atoms with E-state index < -0.39 is 0 Å². The van der Waals surface area contributed by atoms with Crippen molar-refractivity contribution < 1.29 is 9.53 Å². The minimum atomic E-state index is 0. The zero-order chi connectivity index (χ0) is 16.2. The van der Waals surface area contributed by atoms with Gasteiger partial charge in [0.1, 0.15) is 5.75 Å². The van der Waals surface area contributed by atoms with Gasteiger partial charge in [-0.25, -0.2) is 0 Å². The third-order valence-electron chi connectivity index (χ3n) is 4.41. The van der Waals surface area contributed by atoms with Gasteiger partial charge >= 0.3 is 0 Å². The van der Waals surface area contributed by atoms with E-state index in [1.807, 2.05) is 41.3 Å². The summed E-state index contributed by atoms with van der Waals surface area (Å²) in [5, 5.41) is 0. The fourth-order valence-electron chi connectivity index (χ4n) is 3.15. The number of benzene rings is 2. The Hall–Kier alpha value is -2.20. The lowest BCUT2D eigenvalue weighted by Gasteiger charge is -2.25. The number of halogens is 1. The molecule has 1 fully saturated rings. The highest BCUT2D eigenvalue weighted by Crippen LogP contribution is 2.33. The number of methoxy groups -OCH3 is 1. The van der Waals surface area contributed by atoms with E-state index in [4.69, 9.17) is 10.5 Å². The Bertz CT molecular complexity index is 671. The predicted molar refractivity (Wildman–Crippen MR) is 98.5 cm³/mol. The van der Waals surface area contributed by atoms with Crippen molar-refractivity contribution in [1.82, 2.24) is 4.90 Å². The quantitative estimate of drug-likeness (QED) is 0.860. The normalized spacial score (nSPS) is 16.5. The summed E-state index contributed by atoms with van der Waals surface area (Å²) in [5.74, 6) is 1.01. The zero-order valence-corrected chi connectivity index (χ0v) is 14.6. The van der Waals surface area contributed by atoms with E-state index in [1.54, 1.807) is 7.11 Å². The molecule has 0 aliphatic carbocycles. The van der Waals surface area contributed by atoms with Gasteiger partial charge in [-0.15, -0.1) is 12.4 Å². The summed E-state index contributed by atoms with van der Waals surface area (Å²) in [4.78, 5) is 14.7. The van der Waals surface area contributed by atoms with E-state index in [1.165, 1.54) is 5.56 Å². The molecule has 3 rings (SSSR count). The molecule has 0 spiro atoms. The number of ether oxygens (including phenoxy) is 1. The lowest BCUT2D eigenvalue weighted by atomic mass is 10.0. The van der Waals surface area contributed by atoms with Crippen LogP contribution < -0.4 is 10.5 Å². The van der Waals surface area contributed by atoms with Gasteiger partial charge < -0.3 is 15.4 Å². The monoisotopic (exact) mass is 346 g/mol. The first-order chi connectivity index (χ1) is 11.2. The molecule has 0 aromatic heterocycles. The number of amides is 1. The van der Waals surface area contributed by atoms with Crippen LogP contribution in [0.3, 0.4) is 0 Å². The molecule has 1 unspecified atom stereocenters. The fourth-order valence-corrected chi connectivity index (χ4v) is 3.15. The van der Waals surface area contributed by atoms with E-state index >= 15 is 0 Å². The number of rotatable bonds is 4. The SMILES string of the molecule is COc1ccc(C2CCCN2C(=O)Cc2ccc(N)cc2)cc1.Cl. The van der Waals surface area contributed by atoms with Gasteiger partial charge in [-0.05, 0) is 48.2 Å². The van der Waals surface area contributed by atoms with Crippen molar-refractivity contribution in [2.45, 2.75) is 25.3 Å². The maximum atomic E-state index is 12.7. The number of nitrogens with zero attached hydrogens (tertiary/aromatic N) is 1. The highest BCUT2D eigenvalue weighted by Gasteiger charge is 2.29. The average Bonchev–Trinajstić information content (AvgIpc) is 3.07. The van der Waals surface area contributed by atoms with E-state index in [-0.39, 0.29) is 24.4 Å². The van der Waals surface area contributed by atoms with Gasteiger partial charge in [-0.2, -0.15) is 0 Å². The van der Waals surface area contributed by atoms with Gasteiger partial charge in [-0.3, -0.25) is 4.79 Å². The van der Waals surface area contributed by atoms with Gasteiger partial charge in [0.2, 0.25) is 5.91 Å². The Morgan fingerprint density at radius 3 is 2.46 bits per heavy atom. The van der Waals surface area contributed by atoms with Crippen LogP contribution in [0.15, 0.2) is 48.5 Å². The van der Waals surface area contributed by atoms with Crippen molar-refractivity contribution in [3.05, 3.63) is 59.7 Å². The summed E-state index contributed by atoms with van der Waals surface area (Å²) in [6, 6.07) is 15.7. The first kappa shape index (κ1) is 18.1. The maximum absolute atomic E-state index is 12.7. The first-order valence-corrected chi connectivity index (χ1v) is 7.95. The molecule has 24 heavy (non-hydrogen) atoms. The van der Waals surface area contributed by atoms with Crippen LogP contribution in [0.1, 0.15) is 30.0 Å². The van der Waals surface area contributed by atoms with Crippen molar-refractivity contribution in [2.24, 2.45) is 0 Å². The number of hydrogen-bond acceptors (Lipinski definition) is 3. The molecule has 2 N–H and O–H groups in total. The fraction of sp³-hybridized carbons (Fsp3) is 0.316. The molecule has 1 amide bonds. The predicted octanol–water partition coefficient (Wildman–Crippen LogP) is 3.61. The van der Waals surface area contributed by atoms with E-state index in [0.717, 1.165) is 36.4 Å². The lowest BCUT2D eigenvalue weighted by Crippen LogP contribution is -2.31. The molecular formula is C19H23ClN2O2. The minimum absolute atomic E-state index is 0. The number of nitrogens with two attached hydrogens (primary N) is 1. The molecule has 0 radical (unpaired) electrons. The molecule has 0 bridgehead atoms. The highest BCUT2D eigenvalue weighted by atomic mass is 35.5.